The molecule has 2 aliphatic heterocycles. The van der Waals surface area contributed by atoms with Crippen molar-refractivity contribution in [3.63, 3.8) is 0 Å². The van der Waals surface area contributed by atoms with Crippen molar-refractivity contribution in [2.24, 2.45) is 0 Å². The Kier molecular flexibility index (Phi) is 2.97. The van der Waals surface area contributed by atoms with Gasteiger partial charge in [0.25, 0.3) is 11.4 Å². The van der Waals surface area contributed by atoms with E-state index in [1.807, 2.05) is 0 Å². The van der Waals surface area contributed by atoms with Crippen molar-refractivity contribution < 1.29 is 28.6 Å². The summed E-state index contributed by atoms with van der Waals surface area (Å²) in [6.07, 6.45) is 0. The van der Waals surface area contributed by atoms with Crippen LogP contribution in [0.15, 0.2) is 11.3 Å². The van der Waals surface area contributed by atoms with E-state index >= 15 is 0 Å². The van der Waals surface area contributed by atoms with E-state index in [1.165, 1.54) is 34.6 Å². The number of hydrogen-bond donors (Lipinski definition) is 0. The maximum Gasteiger partial charge on any atom is 0.253 e. The SMILES string of the molecule is CC(=O)C1=C(C)OC2(C)OC1(C)OC2(C(C)=O)C(C)=O. The van der Waals surface area contributed by atoms with Crippen LogP contribution in [0.3, 0.4) is 0 Å². The van der Waals surface area contributed by atoms with Crippen LogP contribution < -0.4 is 0 Å². The van der Waals surface area contributed by atoms with Crippen molar-refractivity contribution in [2.45, 2.75) is 58.7 Å². The summed E-state index contributed by atoms with van der Waals surface area (Å²) < 4.78 is 17.0. The van der Waals surface area contributed by atoms with E-state index in [1.54, 1.807) is 6.92 Å². The maximum absolute atomic E-state index is 12.1. The predicted octanol–water partition coefficient (Wildman–Crippen LogP) is 1.28. The van der Waals surface area contributed by atoms with Crippen LogP contribution >= 0.6 is 0 Å². The number of carbonyl (C=O) groups is 3. The normalized spacial score (nSPS) is 34.7. The smallest absolute Gasteiger partial charge is 0.253 e. The summed E-state index contributed by atoms with van der Waals surface area (Å²) in [6.45, 7) is 8.42. The van der Waals surface area contributed by atoms with Crippen LogP contribution in [0.5, 0.6) is 0 Å². The van der Waals surface area contributed by atoms with Crippen LogP contribution in [-0.2, 0) is 28.6 Å². The quantitative estimate of drug-likeness (QED) is 0.725. The highest BCUT2D eigenvalue weighted by atomic mass is 16.9. The van der Waals surface area contributed by atoms with Gasteiger partial charge in [0, 0.05) is 6.92 Å². The van der Waals surface area contributed by atoms with Crippen LogP contribution in [0.1, 0.15) is 41.5 Å². The Labute approximate surface area is 117 Å². The molecule has 6 heteroatoms. The fourth-order valence-electron chi connectivity index (χ4n) is 3.31. The first-order chi connectivity index (χ1) is 9.00. The molecule has 20 heavy (non-hydrogen) atoms. The number of Topliss-reactive ketones (excluding diaryl/α,β-unsaturated/α-hetero) is 3. The summed E-state index contributed by atoms with van der Waals surface area (Å²) in [6, 6.07) is 0. The zero-order chi connectivity index (χ0) is 15.5. The lowest BCUT2D eigenvalue weighted by molar-refractivity contribution is -0.246. The average Bonchev–Trinajstić information content (AvgIpc) is 2.41. The molecular weight excluding hydrogens is 264 g/mol. The van der Waals surface area contributed by atoms with Crippen molar-refractivity contribution in [3.8, 4) is 0 Å². The summed E-state index contributed by atoms with van der Waals surface area (Å²) in [7, 11) is 0. The second kappa shape index (κ2) is 3.99. The Morgan fingerprint density at radius 3 is 1.85 bits per heavy atom. The summed E-state index contributed by atoms with van der Waals surface area (Å²) in [5.74, 6) is -4.08. The summed E-state index contributed by atoms with van der Waals surface area (Å²) in [4.78, 5) is 35.9. The minimum Gasteiger partial charge on any atom is -0.462 e. The molecule has 0 saturated carbocycles. The molecule has 2 atom stereocenters. The molecule has 2 rings (SSSR count). The van der Waals surface area contributed by atoms with Gasteiger partial charge in [0.05, 0.1) is 5.57 Å². The fourth-order valence-corrected chi connectivity index (χ4v) is 3.31. The number of hydrogen-bond acceptors (Lipinski definition) is 6. The molecule has 0 aromatic heterocycles. The first-order valence-electron chi connectivity index (χ1n) is 6.34. The molecule has 2 bridgehead atoms. The monoisotopic (exact) mass is 282 g/mol. The largest absolute Gasteiger partial charge is 0.462 e. The topological polar surface area (TPSA) is 78.9 Å². The minimum atomic E-state index is -1.87. The van der Waals surface area contributed by atoms with Gasteiger partial charge >= 0.3 is 0 Å². The number of ether oxygens (including phenoxy) is 3. The summed E-state index contributed by atoms with van der Waals surface area (Å²) in [5.41, 5.74) is -1.69. The molecule has 2 unspecified atom stereocenters. The van der Waals surface area contributed by atoms with Crippen molar-refractivity contribution in [1.29, 1.82) is 0 Å². The fraction of sp³-hybridized carbons (Fsp3) is 0.643. The standard InChI is InChI=1S/C14H18O6/c1-7(15)11-8(2)18-13(6)14(9(3)16,10(4)17)20-12(11,5)19-13/h1-6H3. The number of fused-ring (bicyclic) bond motifs is 2. The Morgan fingerprint density at radius 1 is 0.950 bits per heavy atom. The van der Waals surface area contributed by atoms with Crippen molar-refractivity contribution in [3.05, 3.63) is 11.3 Å². The first kappa shape index (κ1) is 14.9. The lowest BCUT2D eigenvalue weighted by atomic mass is 9.86. The Morgan fingerprint density at radius 2 is 1.45 bits per heavy atom. The van der Waals surface area contributed by atoms with E-state index in [0.29, 0.717) is 5.76 Å². The molecule has 0 radical (unpaired) electrons. The van der Waals surface area contributed by atoms with Crippen LogP contribution in [0.4, 0.5) is 0 Å². The van der Waals surface area contributed by atoms with Gasteiger partial charge in [-0.2, -0.15) is 0 Å². The van der Waals surface area contributed by atoms with Crippen LogP contribution in [0, 0.1) is 0 Å². The summed E-state index contributed by atoms with van der Waals surface area (Å²) in [5, 5.41) is 0. The number of rotatable bonds is 3. The van der Waals surface area contributed by atoms with Gasteiger partial charge in [-0.05, 0) is 34.6 Å². The van der Waals surface area contributed by atoms with E-state index < -0.39 is 28.7 Å². The van der Waals surface area contributed by atoms with E-state index in [9.17, 15) is 14.4 Å². The Hall–Kier alpha value is -1.53. The molecule has 0 aromatic carbocycles. The summed E-state index contributed by atoms with van der Waals surface area (Å²) >= 11 is 0. The van der Waals surface area contributed by atoms with Crippen LogP contribution in [0.25, 0.3) is 0 Å². The molecule has 6 nitrogen and oxygen atoms in total. The van der Waals surface area contributed by atoms with Gasteiger partial charge in [-0.1, -0.05) is 0 Å². The molecule has 1 saturated heterocycles. The lowest BCUT2D eigenvalue weighted by Crippen LogP contribution is -2.60. The molecule has 0 N–H and O–H groups in total. The highest BCUT2D eigenvalue weighted by Gasteiger charge is 2.73. The molecular formula is C14H18O6. The van der Waals surface area contributed by atoms with Crippen LogP contribution in [-0.4, -0.2) is 34.5 Å². The van der Waals surface area contributed by atoms with Crippen molar-refractivity contribution >= 4 is 17.3 Å². The number of ketones is 3. The Balaban J connectivity index is 2.69. The first-order valence-corrected chi connectivity index (χ1v) is 6.34. The van der Waals surface area contributed by atoms with Crippen LogP contribution in [0.2, 0.25) is 0 Å². The molecule has 110 valence electrons. The predicted molar refractivity (Wildman–Crippen MR) is 67.5 cm³/mol. The highest BCUT2D eigenvalue weighted by molar-refractivity contribution is 6.10. The number of allylic oxidation sites excluding steroid dienone is 1. The molecule has 2 aliphatic rings. The Bertz CT molecular complexity index is 546. The minimum absolute atomic E-state index is 0.180. The van der Waals surface area contributed by atoms with Gasteiger partial charge in [-0.15, -0.1) is 0 Å². The van der Waals surface area contributed by atoms with E-state index in [4.69, 9.17) is 14.2 Å². The third-order valence-electron chi connectivity index (χ3n) is 3.87. The van der Waals surface area contributed by atoms with E-state index in [-0.39, 0.29) is 11.4 Å². The second-order valence-electron chi connectivity index (χ2n) is 5.48. The van der Waals surface area contributed by atoms with Gasteiger partial charge in [-0.25, -0.2) is 0 Å². The average molecular weight is 282 g/mol. The second-order valence-corrected chi connectivity index (χ2v) is 5.48. The van der Waals surface area contributed by atoms with Gasteiger partial charge in [0.2, 0.25) is 5.79 Å². The van der Waals surface area contributed by atoms with Gasteiger partial charge in [0.1, 0.15) is 5.76 Å². The zero-order valence-electron chi connectivity index (χ0n) is 12.4. The van der Waals surface area contributed by atoms with Gasteiger partial charge in [-0.3, -0.25) is 14.4 Å². The lowest BCUT2D eigenvalue weighted by Gasteiger charge is -2.38. The zero-order valence-corrected chi connectivity index (χ0v) is 12.4. The van der Waals surface area contributed by atoms with Gasteiger partial charge in [0.15, 0.2) is 17.3 Å². The molecule has 0 spiro atoms. The van der Waals surface area contributed by atoms with Crippen molar-refractivity contribution in [1.82, 2.24) is 0 Å². The number of carbonyl (C=O) groups excluding carboxylic acids is 3. The molecule has 0 amide bonds. The van der Waals surface area contributed by atoms with Crippen molar-refractivity contribution in [2.75, 3.05) is 0 Å². The maximum atomic E-state index is 12.1. The highest BCUT2D eigenvalue weighted by Crippen LogP contribution is 2.53. The van der Waals surface area contributed by atoms with Gasteiger partial charge < -0.3 is 14.2 Å². The molecule has 0 aliphatic carbocycles. The third-order valence-corrected chi connectivity index (χ3v) is 3.87. The molecule has 0 aromatic rings. The van der Waals surface area contributed by atoms with E-state index in [2.05, 4.69) is 0 Å². The molecule has 1 fully saturated rings. The molecule has 2 heterocycles. The van der Waals surface area contributed by atoms with E-state index in [0.717, 1.165) is 0 Å². The third kappa shape index (κ3) is 1.55.